The number of hydrogen-bond donors (Lipinski definition) is 0. The van der Waals surface area contributed by atoms with Crippen molar-refractivity contribution >= 4 is 5.91 Å². The van der Waals surface area contributed by atoms with Gasteiger partial charge in [-0.1, -0.05) is 39.0 Å². The Morgan fingerprint density at radius 1 is 1.25 bits per heavy atom. The van der Waals surface area contributed by atoms with Gasteiger partial charge in [0.1, 0.15) is 0 Å². The third-order valence-electron chi connectivity index (χ3n) is 3.89. The lowest BCUT2D eigenvalue weighted by Crippen LogP contribution is -2.40. The van der Waals surface area contributed by atoms with Crippen LogP contribution in [0.5, 0.6) is 0 Å². The van der Waals surface area contributed by atoms with Gasteiger partial charge in [0.25, 0.3) is 0 Å². The minimum Gasteiger partial charge on any atom is -0.337 e. The lowest BCUT2D eigenvalue weighted by molar-refractivity contribution is -0.132. The summed E-state index contributed by atoms with van der Waals surface area (Å²) >= 11 is 0. The maximum atomic E-state index is 12.1. The molecule has 0 aliphatic carbocycles. The van der Waals surface area contributed by atoms with Crippen LogP contribution in [0.25, 0.3) is 0 Å². The fourth-order valence-electron chi connectivity index (χ4n) is 2.60. The van der Waals surface area contributed by atoms with Crippen molar-refractivity contribution in [1.29, 1.82) is 0 Å². The quantitative estimate of drug-likeness (QED) is 0.827. The Kier molecular flexibility index (Phi) is 4.19. The zero-order valence-electron chi connectivity index (χ0n) is 13.4. The summed E-state index contributed by atoms with van der Waals surface area (Å²) in [5.41, 5.74) is 4.28. The van der Waals surface area contributed by atoms with Crippen molar-refractivity contribution in [3.8, 4) is 0 Å². The number of rotatable bonds is 2. The van der Waals surface area contributed by atoms with Crippen LogP contribution in [0.1, 0.15) is 37.5 Å². The Hall–Kier alpha value is -1.35. The molecule has 0 atom stereocenters. The van der Waals surface area contributed by atoms with E-state index in [1.54, 1.807) is 0 Å². The van der Waals surface area contributed by atoms with E-state index in [9.17, 15) is 4.79 Å². The molecular formula is C17H26N2O. The molecule has 20 heavy (non-hydrogen) atoms. The van der Waals surface area contributed by atoms with Crippen molar-refractivity contribution in [3.05, 3.63) is 34.9 Å². The Bertz CT molecular complexity index is 500. The fourth-order valence-corrected chi connectivity index (χ4v) is 2.60. The van der Waals surface area contributed by atoms with E-state index in [4.69, 9.17) is 0 Å². The molecule has 1 aliphatic heterocycles. The molecule has 0 saturated heterocycles. The fraction of sp³-hybridized carbons (Fsp3) is 0.588. The summed E-state index contributed by atoms with van der Waals surface area (Å²) in [6, 6.07) is 6.73. The number of benzene rings is 1. The van der Waals surface area contributed by atoms with E-state index in [2.05, 4.69) is 39.0 Å². The first kappa shape index (κ1) is 15.0. The molecule has 1 aliphatic rings. The number of amides is 1. The van der Waals surface area contributed by atoms with Crippen LogP contribution in [0.2, 0.25) is 0 Å². The van der Waals surface area contributed by atoms with Gasteiger partial charge < -0.3 is 9.80 Å². The smallest absolute Gasteiger partial charge is 0.237 e. The van der Waals surface area contributed by atoms with Crippen LogP contribution in [0.15, 0.2) is 18.2 Å². The lowest BCUT2D eigenvalue weighted by atomic mass is 9.84. The summed E-state index contributed by atoms with van der Waals surface area (Å²) in [4.78, 5) is 16.0. The van der Waals surface area contributed by atoms with E-state index in [0.29, 0.717) is 6.54 Å². The molecule has 0 saturated carbocycles. The average Bonchev–Trinajstić information content (AvgIpc) is 2.35. The molecule has 0 bridgehead atoms. The topological polar surface area (TPSA) is 23.6 Å². The van der Waals surface area contributed by atoms with E-state index >= 15 is 0 Å². The number of carbonyl (C=O) groups is 1. The zero-order chi connectivity index (χ0) is 14.9. The van der Waals surface area contributed by atoms with Crippen molar-refractivity contribution in [2.24, 2.45) is 0 Å². The Morgan fingerprint density at radius 3 is 2.55 bits per heavy atom. The van der Waals surface area contributed by atoms with Gasteiger partial charge in [0, 0.05) is 13.1 Å². The van der Waals surface area contributed by atoms with Gasteiger partial charge >= 0.3 is 0 Å². The largest absolute Gasteiger partial charge is 0.337 e. The lowest BCUT2D eigenvalue weighted by Gasteiger charge is -2.31. The predicted octanol–water partition coefficient (Wildman–Crippen LogP) is 2.43. The van der Waals surface area contributed by atoms with Crippen LogP contribution < -0.4 is 0 Å². The first-order chi connectivity index (χ1) is 9.27. The Morgan fingerprint density at radius 2 is 1.95 bits per heavy atom. The first-order valence-corrected chi connectivity index (χ1v) is 7.32. The number of carbonyl (C=O) groups excluding carboxylic acids is 1. The van der Waals surface area contributed by atoms with Crippen molar-refractivity contribution in [1.82, 2.24) is 9.80 Å². The van der Waals surface area contributed by atoms with Crippen molar-refractivity contribution in [2.45, 2.75) is 39.2 Å². The van der Waals surface area contributed by atoms with Crippen molar-refractivity contribution in [2.75, 3.05) is 27.2 Å². The molecule has 1 aromatic carbocycles. The van der Waals surface area contributed by atoms with Gasteiger partial charge in [0.05, 0.1) is 6.54 Å². The molecule has 2 rings (SSSR count). The molecular weight excluding hydrogens is 248 g/mol. The van der Waals surface area contributed by atoms with E-state index in [-0.39, 0.29) is 11.3 Å². The van der Waals surface area contributed by atoms with Crippen molar-refractivity contribution < 1.29 is 4.79 Å². The average molecular weight is 274 g/mol. The summed E-state index contributed by atoms with van der Waals surface area (Å²) < 4.78 is 0. The molecule has 1 heterocycles. The molecule has 0 unspecified atom stereocenters. The highest BCUT2D eigenvalue weighted by Crippen LogP contribution is 2.27. The van der Waals surface area contributed by atoms with Crippen LogP contribution in [0, 0.1) is 0 Å². The molecule has 110 valence electrons. The molecule has 3 heteroatoms. The van der Waals surface area contributed by atoms with Crippen LogP contribution in [0.3, 0.4) is 0 Å². The zero-order valence-corrected chi connectivity index (χ0v) is 13.4. The van der Waals surface area contributed by atoms with Crippen LogP contribution in [0.4, 0.5) is 0 Å². The van der Waals surface area contributed by atoms with Crippen molar-refractivity contribution in [3.63, 3.8) is 0 Å². The van der Waals surface area contributed by atoms with Gasteiger partial charge in [-0.15, -0.1) is 0 Å². The van der Waals surface area contributed by atoms with E-state index in [0.717, 1.165) is 19.5 Å². The van der Waals surface area contributed by atoms with Gasteiger partial charge in [-0.05, 0) is 42.6 Å². The van der Waals surface area contributed by atoms with Gasteiger partial charge in [0.15, 0.2) is 0 Å². The maximum Gasteiger partial charge on any atom is 0.237 e. The summed E-state index contributed by atoms with van der Waals surface area (Å²) in [6.45, 7) is 8.81. The molecule has 0 N–H and O–H groups in total. The summed E-state index contributed by atoms with van der Waals surface area (Å²) in [5.74, 6) is 0.223. The highest BCUT2D eigenvalue weighted by molar-refractivity contribution is 5.78. The second-order valence-corrected chi connectivity index (χ2v) is 7.04. The number of hydrogen-bond acceptors (Lipinski definition) is 2. The first-order valence-electron chi connectivity index (χ1n) is 7.32. The second-order valence-electron chi connectivity index (χ2n) is 7.04. The minimum atomic E-state index is 0.187. The van der Waals surface area contributed by atoms with Gasteiger partial charge in [-0.25, -0.2) is 0 Å². The number of nitrogens with zero attached hydrogens (tertiary/aromatic N) is 2. The summed E-state index contributed by atoms with van der Waals surface area (Å²) in [5, 5.41) is 0. The normalized spacial score (nSPS) is 15.4. The second kappa shape index (κ2) is 5.57. The number of likely N-dealkylation sites (N-methyl/N-ethyl adjacent to an activating group) is 1. The highest BCUT2D eigenvalue weighted by Gasteiger charge is 2.22. The molecule has 0 spiro atoms. The maximum absolute atomic E-state index is 12.1. The van der Waals surface area contributed by atoms with Gasteiger partial charge in [0.2, 0.25) is 5.91 Å². The molecule has 1 aromatic rings. The minimum absolute atomic E-state index is 0.187. The monoisotopic (exact) mass is 274 g/mol. The Labute approximate surface area is 122 Å². The van der Waals surface area contributed by atoms with Gasteiger partial charge in [-0.3, -0.25) is 4.79 Å². The molecule has 1 amide bonds. The SMILES string of the molecule is CN(C)CC(=O)N1CCc2cc(C(C)(C)C)ccc2C1. The predicted molar refractivity (Wildman–Crippen MR) is 82.8 cm³/mol. The van der Waals surface area contributed by atoms with E-state index < -0.39 is 0 Å². The highest BCUT2D eigenvalue weighted by atomic mass is 16.2. The van der Waals surface area contributed by atoms with Crippen LogP contribution in [-0.2, 0) is 23.2 Å². The molecule has 3 nitrogen and oxygen atoms in total. The van der Waals surface area contributed by atoms with Crippen LogP contribution >= 0.6 is 0 Å². The molecule has 0 aromatic heterocycles. The molecule has 0 radical (unpaired) electrons. The third-order valence-corrected chi connectivity index (χ3v) is 3.89. The standard InChI is InChI=1S/C17H26N2O/c1-17(2,3)15-7-6-14-11-19(9-8-13(14)10-15)16(20)12-18(4)5/h6-7,10H,8-9,11-12H2,1-5H3. The summed E-state index contributed by atoms with van der Waals surface area (Å²) in [6.07, 6.45) is 0.971. The van der Waals surface area contributed by atoms with Gasteiger partial charge in [-0.2, -0.15) is 0 Å². The van der Waals surface area contributed by atoms with E-state index in [1.807, 2.05) is 23.9 Å². The molecule has 0 fully saturated rings. The third kappa shape index (κ3) is 3.40. The van der Waals surface area contributed by atoms with Crippen LogP contribution in [-0.4, -0.2) is 42.9 Å². The van der Waals surface area contributed by atoms with E-state index in [1.165, 1.54) is 16.7 Å². The summed E-state index contributed by atoms with van der Waals surface area (Å²) in [7, 11) is 3.87. The number of fused-ring (bicyclic) bond motifs is 1. The Balaban J connectivity index is 2.14.